The van der Waals surface area contributed by atoms with Gasteiger partial charge < -0.3 is 4.74 Å². The van der Waals surface area contributed by atoms with Crippen LogP contribution in [-0.2, 0) is 11.2 Å². The maximum absolute atomic E-state index is 12.5. The molecule has 142 valence electrons. The van der Waals surface area contributed by atoms with E-state index in [0.29, 0.717) is 24.1 Å². The third kappa shape index (κ3) is 4.15. The Kier molecular flexibility index (Phi) is 5.84. The molecule has 1 amide bonds. The summed E-state index contributed by atoms with van der Waals surface area (Å²) in [6, 6.07) is 7.77. The first-order valence-corrected chi connectivity index (χ1v) is 9.39. The number of aromatic nitrogens is 2. The highest BCUT2D eigenvalue weighted by atomic mass is 16.5. The number of ketones is 1. The summed E-state index contributed by atoms with van der Waals surface area (Å²) in [6.45, 7) is 3.97. The Labute approximate surface area is 159 Å². The van der Waals surface area contributed by atoms with Gasteiger partial charge in [0.15, 0.2) is 5.78 Å². The Morgan fingerprint density at radius 3 is 2.56 bits per heavy atom. The summed E-state index contributed by atoms with van der Waals surface area (Å²) >= 11 is 0. The van der Waals surface area contributed by atoms with Crippen molar-refractivity contribution in [1.29, 1.82) is 0 Å². The highest BCUT2D eigenvalue weighted by molar-refractivity contribution is 5.99. The number of hydrogen-bond donors (Lipinski definition) is 1. The molecule has 0 unspecified atom stereocenters. The summed E-state index contributed by atoms with van der Waals surface area (Å²) in [4.78, 5) is 33.5. The zero-order valence-electron chi connectivity index (χ0n) is 16.0. The summed E-state index contributed by atoms with van der Waals surface area (Å²) in [5.74, 6) is 1.03. The van der Waals surface area contributed by atoms with Gasteiger partial charge in [-0.05, 0) is 42.9 Å². The van der Waals surface area contributed by atoms with Crippen molar-refractivity contribution < 1.29 is 14.3 Å². The first-order valence-electron chi connectivity index (χ1n) is 9.39. The van der Waals surface area contributed by atoms with Crippen LogP contribution in [0.3, 0.4) is 0 Å². The summed E-state index contributed by atoms with van der Waals surface area (Å²) in [7, 11) is 1.63. The minimum Gasteiger partial charge on any atom is -0.497 e. The van der Waals surface area contributed by atoms with Gasteiger partial charge in [-0.2, -0.15) is 0 Å². The zero-order chi connectivity index (χ0) is 19.4. The Bertz CT molecular complexity index is 829. The van der Waals surface area contributed by atoms with Crippen LogP contribution < -0.4 is 10.1 Å². The molecule has 6 heteroatoms. The van der Waals surface area contributed by atoms with E-state index in [4.69, 9.17) is 4.74 Å². The Hall–Kier alpha value is -2.76. The van der Waals surface area contributed by atoms with E-state index >= 15 is 0 Å². The van der Waals surface area contributed by atoms with Gasteiger partial charge >= 0.3 is 0 Å². The number of fused-ring (bicyclic) bond motifs is 1. The summed E-state index contributed by atoms with van der Waals surface area (Å²) in [5.41, 5.74) is 2.33. The number of Topliss-reactive ketones (excluding diaryl/α,β-unsaturated/α-hetero) is 1. The first-order chi connectivity index (χ1) is 13.0. The topological polar surface area (TPSA) is 81.2 Å². The van der Waals surface area contributed by atoms with Crippen molar-refractivity contribution in [2.45, 2.75) is 45.4 Å². The molecule has 1 aromatic heterocycles. The number of benzene rings is 1. The molecule has 2 aromatic rings. The van der Waals surface area contributed by atoms with E-state index in [-0.39, 0.29) is 29.5 Å². The lowest BCUT2D eigenvalue weighted by Crippen LogP contribution is -2.25. The molecule has 1 atom stereocenters. The van der Waals surface area contributed by atoms with Gasteiger partial charge in [0.25, 0.3) is 0 Å². The second kappa shape index (κ2) is 8.29. The number of ether oxygens (including phenoxy) is 1. The molecule has 1 aromatic carbocycles. The normalized spacial score (nSPS) is 16.1. The number of carbonyl (C=O) groups is 2. The highest BCUT2D eigenvalue weighted by Crippen LogP contribution is 2.32. The monoisotopic (exact) mass is 367 g/mol. The highest BCUT2D eigenvalue weighted by Gasteiger charge is 2.28. The standard InChI is InChI=1S/C21H25N3O3/c1-4-13(5-2)20(26)24-21-22-12-17-18(23-21)10-15(11-19(17)25)14-6-8-16(27-3)9-7-14/h6-9,12-13,15H,4-5,10-11H2,1-3H3,(H,22,23,24,26)/t15-/m0/s1. The molecular formula is C21H25N3O3. The summed E-state index contributed by atoms with van der Waals surface area (Å²) < 4.78 is 5.20. The van der Waals surface area contributed by atoms with Gasteiger partial charge in [-0.25, -0.2) is 9.97 Å². The fourth-order valence-corrected chi connectivity index (χ4v) is 3.49. The van der Waals surface area contributed by atoms with Crippen molar-refractivity contribution >= 4 is 17.6 Å². The second-order valence-corrected chi connectivity index (χ2v) is 6.86. The molecule has 0 saturated heterocycles. The Morgan fingerprint density at radius 1 is 1.22 bits per heavy atom. The van der Waals surface area contributed by atoms with Crippen LogP contribution in [0.1, 0.15) is 60.6 Å². The van der Waals surface area contributed by atoms with E-state index in [1.807, 2.05) is 38.1 Å². The molecular weight excluding hydrogens is 342 g/mol. The van der Waals surface area contributed by atoms with E-state index in [1.54, 1.807) is 7.11 Å². The lowest BCUT2D eigenvalue weighted by molar-refractivity contribution is -0.120. The molecule has 1 heterocycles. The number of rotatable bonds is 6. The van der Waals surface area contributed by atoms with Gasteiger partial charge in [0.1, 0.15) is 5.75 Å². The van der Waals surface area contributed by atoms with Crippen LogP contribution in [0.2, 0.25) is 0 Å². The molecule has 0 bridgehead atoms. The largest absolute Gasteiger partial charge is 0.497 e. The van der Waals surface area contributed by atoms with E-state index < -0.39 is 0 Å². The number of nitrogens with one attached hydrogen (secondary N) is 1. The maximum Gasteiger partial charge on any atom is 0.229 e. The molecule has 3 rings (SSSR count). The molecule has 6 nitrogen and oxygen atoms in total. The average Bonchev–Trinajstić information content (AvgIpc) is 2.68. The van der Waals surface area contributed by atoms with Crippen LogP contribution >= 0.6 is 0 Å². The van der Waals surface area contributed by atoms with E-state index in [0.717, 1.165) is 24.2 Å². The molecule has 0 spiro atoms. The second-order valence-electron chi connectivity index (χ2n) is 6.86. The SMILES string of the molecule is CCC(CC)C(=O)Nc1ncc2c(n1)C[C@H](c1ccc(OC)cc1)CC2=O. The maximum atomic E-state index is 12.5. The third-order valence-electron chi connectivity index (χ3n) is 5.22. The van der Waals surface area contributed by atoms with Crippen molar-refractivity contribution in [3.05, 3.63) is 47.3 Å². The molecule has 0 radical (unpaired) electrons. The van der Waals surface area contributed by atoms with Gasteiger partial charge in [0.05, 0.1) is 18.4 Å². The van der Waals surface area contributed by atoms with Gasteiger partial charge in [0.2, 0.25) is 11.9 Å². The quantitative estimate of drug-likeness (QED) is 0.840. The third-order valence-corrected chi connectivity index (χ3v) is 5.22. The summed E-state index contributed by atoms with van der Waals surface area (Å²) in [5, 5.41) is 2.79. The van der Waals surface area contributed by atoms with Gasteiger partial charge in [-0.3, -0.25) is 14.9 Å². The van der Waals surface area contributed by atoms with E-state index in [2.05, 4.69) is 15.3 Å². The number of methoxy groups -OCH3 is 1. The minimum atomic E-state index is -0.0752. The fraction of sp³-hybridized carbons (Fsp3) is 0.429. The van der Waals surface area contributed by atoms with Crippen LogP contribution in [0.25, 0.3) is 0 Å². The van der Waals surface area contributed by atoms with Crippen molar-refractivity contribution in [3.63, 3.8) is 0 Å². The van der Waals surface area contributed by atoms with Crippen molar-refractivity contribution in [2.24, 2.45) is 5.92 Å². The predicted molar refractivity (Wildman–Crippen MR) is 103 cm³/mol. The molecule has 0 fully saturated rings. The first kappa shape index (κ1) is 19.0. The number of nitrogens with zero attached hydrogens (tertiary/aromatic N) is 2. The Morgan fingerprint density at radius 2 is 1.93 bits per heavy atom. The summed E-state index contributed by atoms with van der Waals surface area (Å²) in [6.07, 6.45) is 4.15. The van der Waals surface area contributed by atoms with Gasteiger partial charge in [-0.15, -0.1) is 0 Å². The van der Waals surface area contributed by atoms with Crippen LogP contribution in [0.15, 0.2) is 30.5 Å². The van der Waals surface area contributed by atoms with Crippen molar-refractivity contribution in [3.8, 4) is 5.75 Å². The predicted octanol–water partition coefficient (Wildman–Crippen LogP) is 3.77. The van der Waals surface area contributed by atoms with Crippen LogP contribution in [0.5, 0.6) is 5.75 Å². The van der Waals surface area contributed by atoms with Gasteiger partial charge in [-0.1, -0.05) is 26.0 Å². The number of hydrogen-bond acceptors (Lipinski definition) is 5. The lowest BCUT2D eigenvalue weighted by Gasteiger charge is -2.23. The van der Waals surface area contributed by atoms with Crippen LogP contribution in [-0.4, -0.2) is 28.8 Å². The molecule has 1 N–H and O–H groups in total. The fourth-order valence-electron chi connectivity index (χ4n) is 3.49. The number of carbonyl (C=O) groups excluding carboxylic acids is 2. The molecule has 0 aliphatic heterocycles. The molecule has 1 aliphatic carbocycles. The van der Waals surface area contributed by atoms with E-state index in [9.17, 15) is 9.59 Å². The van der Waals surface area contributed by atoms with Crippen molar-refractivity contribution in [1.82, 2.24) is 9.97 Å². The van der Waals surface area contributed by atoms with Gasteiger partial charge in [0, 0.05) is 18.5 Å². The molecule has 0 saturated carbocycles. The van der Waals surface area contributed by atoms with Crippen molar-refractivity contribution in [2.75, 3.05) is 12.4 Å². The minimum absolute atomic E-state index is 0.0370. The average molecular weight is 367 g/mol. The lowest BCUT2D eigenvalue weighted by atomic mass is 9.82. The zero-order valence-corrected chi connectivity index (χ0v) is 16.0. The smallest absolute Gasteiger partial charge is 0.229 e. The Balaban J connectivity index is 1.80. The number of anilines is 1. The molecule has 1 aliphatic rings. The van der Waals surface area contributed by atoms with E-state index in [1.165, 1.54) is 6.20 Å². The number of amides is 1. The van der Waals surface area contributed by atoms with Crippen LogP contribution in [0.4, 0.5) is 5.95 Å². The molecule has 27 heavy (non-hydrogen) atoms. The van der Waals surface area contributed by atoms with Crippen LogP contribution in [0, 0.1) is 5.92 Å².